The zero-order valence-corrected chi connectivity index (χ0v) is 14.4. The van der Waals surface area contributed by atoms with Crippen LogP contribution in [-0.4, -0.2) is 0 Å². The summed E-state index contributed by atoms with van der Waals surface area (Å²) in [6, 6.07) is 11.6. The maximum absolute atomic E-state index is 6.23. The Morgan fingerprint density at radius 2 is 1.95 bits per heavy atom. The van der Waals surface area contributed by atoms with Crippen molar-refractivity contribution >= 4 is 39.1 Å². The van der Waals surface area contributed by atoms with Gasteiger partial charge in [0.2, 0.25) is 0 Å². The number of rotatable bonds is 4. The summed E-state index contributed by atoms with van der Waals surface area (Å²) in [5.74, 6) is 2.16. The lowest BCUT2D eigenvalue weighted by Crippen LogP contribution is -1.96. The topological polar surface area (TPSA) is 9.23 Å². The van der Waals surface area contributed by atoms with Crippen LogP contribution in [0.2, 0.25) is 5.02 Å². The number of hydrogen-bond acceptors (Lipinski definition) is 1. The smallest absolute Gasteiger partial charge is 0.150 e. The van der Waals surface area contributed by atoms with Gasteiger partial charge in [-0.3, -0.25) is 0 Å². The highest BCUT2D eigenvalue weighted by molar-refractivity contribution is 9.10. The van der Waals surface area contributed by atoms with Crippen LogP contribution in [0.3, 0.4) is 0 Å². The third kappa shape index (κ3) is 3.49. The summed E-state index contributed by atoms with van der Waals surface area (Å²) in [5.41, 5.74) is 2.01. The number of ether oxygens (including phenoxy) is 1. The molecule has 0 bridgehead atoms. The van der Waals surface area contributed by atoms with Crippen LogP contribution in [0.15, 0.2) is 40.9 Å². The van der Waals surface area contributed by atoms with Crippen molar-refractivity contribution < 1.29 is 4.74 Å². The van der Waals surface area contributed by atoms with E-state index >= 15 is 0 Å². The van der Waals surface area contributed by atoms with Gasteiger partial charge in [0.25, 0.3) is 0 Å². The van der Waals surface area contributed by atoms with Gasteiger partial charge in [-0.2, -0.15) is 0 Å². The van der Waals surface area contributed by atoms with E-state index in [1.807, 2.05) is 24.3 Å². The highest BCUT2D eigenvalue weighted by Gasteiger charge is 2.13. The molecule has 0 spiro atoms. The van der Waals surface area contributed by atoms with Crippen molar-refractivity contribution in [3.05, 3.63) is 57.0 Å². The van der Waals surface area contributed by atoms with Crippen LogP contribution in [0.4, 0.5) is 0 Å². The predicted octanol–water partition coefficient (Wildman–Crippen LogP) is 6.76. The highest BCUT2D eigenvalue weighted by Crippen LogP contribution is 2.38. The number of alkyl halides is 1. The number of para-hydroxylation sites is 1. The van der Waals surface area contributed by atoms with Gasteiger partial charge in [0.05, 0.1) is 10.9 Å². The molecule has 0 aliphatic heterocycles. The van der Waals surface area contributed by atoms with Crippen LogP contribution in [0, 0.1) is 0 Å². The molecule has 0 radical (unpaired) electrons. The maximum Gasteiger partial charge on any atom is 0.150 e. The molecule has 0 saturated heterocycles. The average Bonchev–Trinajstić information content (AvgIpc) is 2.42. The van der Waals surface area contributed by atoms with Gasteiger partial charge in [-0.25, -0.2) is 0 Å². The molecular formula is C16H15BrCl2O. The minimum atomic E-state index is 0.351. The SMILES string of the molecule is CC(C)c1cc(Br)ccc1Oc1c(Cl)cccc1CCl. The molecule has 0 heterocycles. The Hall–Kier alpha value is -0.700. The van der Waals surface area contributed by atoms with Crippen LogP contribution in [-0.2, 0) is 5.88 Å². The largest absolute Gasteiger partial charge is 0.455 e. The zero-order valence-electron chi connectivity index (χ0n) is 11.3. The van der Waals surface area contributed by atoms with E-state index < -0.39 is 0 Å². The van der Waals surface area contributed by atoms with Gasteiger partial charge in [0, 0.05) is 10.0 Å². The second-order valence-electron chi connectivity index (χ2n) is 4.80. The summed E-state index contributed by atoms with van der Waals surface area (Å²) in [6.07, 6.45) is 0. The van der Waals surface area contributed by atoms with Gasteiger partial charge in [0.1, 0.15) is 11.5 Å². The fourth-order valence-corrected chi connectivity index (χ4v) is 2.77. The summed E-state index contributed by atoms with van der Waals surface area (Å²) in [7, 11) is 0. The Bertz CT molecular complexity index is 611. The van der Waals surface area contributed by atoms with E-state index in [9.17, 15) is 0 Å². The van der Waals surface area contributed by atoms with Gasteiger partial charge in [0.15, 0.2) is 0 Å². The van der Waals surface area contributed by atoms with Crippen LogP contribution >= 0.6 is 39.1 Å². The first-order valence-electron chi connectivity index (χ1n) is 6.33. The molecule has 0 aliphatic carbocycles. The Morgan fingerprint density at radius 3 is 2.60 bits per heavy atom. The third-order valence-corrected chi connectivity index (χ3v) is 4.08. The highest BCUT2D eigenvalue weighted by atomic mass is 79.9. The van der Waals surface area contributed by atoms with Crippen LogP contribution in [0.25, 0.3) is 0 Å². The standard InChI is InChI=1S/C16H15BrCl2O/c1-10(2)13-8-12(17)6-7-15(13)20-16-11(9-18)4-3-5-14(16)19/h3-8,10H,9H2,1-2H3. The summed E-state index contributed by atoms with van der Waals surface area (Å²) in [4.78, 5) is 0. The molecule has 0 fully saturated rings. The van der Waals surface area contributed by atoms with Crippen LogP contribution < -0.4 is 4.74 Å². The van der Waals surface area contributed by atoms with Crippen molar-refractivity contribution in [2.45, 2.75) is 25.6 Å². The molecule has 1 nitrogen and oxygen atoms in total. The Balaban J connectivity index is 2.45. The van der Waals surface area contributed by atoms with E-state index in [0.29, 0.717) is 22.6 Å². The first-order chi connectivity index (χ1) is 9.52. The summed E-state index contributed by atoms with van der Waals surface area (Å²) < 4.78 is 7.07. The molecule has 0 aromatic heterocycles. The van der Waals surface area contributed by atoms with Gasteiger partial charge < -0.3 is 4.74 Å². The molecular weight excluding hydrogens is 359 g/mol. The molecule has 0 aliphatic rings. The van der Waals surface area contributed by atoms with Crippen molar-refractivity contribution in [1.82, 2.24) is 0 Å². The quantitative estimate of drug-likeness (QED) is 0.538. The Labute approximate surface area is 138 Å². The lowest BCUT2D eigenvalue weighted by Gasteiger charge is -2.16. The molecule has 0 N–H and O–H groups in total. The first-order valence-corrected chi connectivity index (χ1v) is 8.04. The van der Waals surface area contributed by atoms with Gasteiger partial charge in [-0.05, 0) is 35.7 Å². The molecule has 2 rings (SSSR count). The molecule has 2 aromatic carbocycles. The average molecular weight is 374 g/mol. The molecule has 2 aromatic rings. The van der Waals surface area contributed by atoms with Gasteiger partial charge in [-0.15, -0.1) is 11.6 Å². The Kier molecular flexibility index (Phi) is 5.36. The first kappa shape index (κ1) is 15.7. The summed E-state index contributed by atoms with van der Waals surface area (Å²) >= 11 is 15.7. The number of hydrogen-bond donors (Lipinski definition) is 0. The van der Waals surface area contributed by atoms with Gasteiger partial charge in [-0.1, -0.05) is 53.5 Å². The third-order valence-electron chi connectivity index (χ3n) is 3.00. The van der Waals surface area contributed by atoms with E-state index in [4.69, 9.17) is 27.9 Å². The van der Waals surface area contributed by atoms with E-state index in [1.165, 1.54) is 0 Å². The molecule has 4 heteroatoms. The summed E-state index contributed by atoms with van der Waals surface area (Å²) in [6.45, 7) is 4.26. The van der Waals surface area contributed by atoms with E-state index in [-0.39, 0.29) is 0 Å². The Morgan fingerprint density at radius 1 is 1.20 bits per heavy atom. The zero-order chi connectivity index (χ0) is 14.7. The molecule has 20 heavy (non-hydrogen) atoms. The minimum absolute atomic E-state index is 0.351. The molecule has 0 unspecified atom stereocenters. The molecule has 0 saturated carbocycles. The fourth-order valence-electron chi connectivity index (χ4n) is 1.95. The summed E-state index contributed by atoms with van der Waals surface area (Å²) in [5, 5.41) is 0.570. The second-order valence-corrected chi connectivity index (χ2v) is 6.39. The lowest BCUT2D eigenvalue weighted by molar-refractivity contribution is 0.469. The minimum Gasteiger partial charge on any atom is -0.455 e. The van der Waals surface area contributed by atoms with Crippen LogP contribution in [0.5, 0.6) is 11.5 Å². The second kappa shape index (κ2) is 6.84. The van der Waals surface area contributed by atoms with Crippen molar-refractivity contribution in [2.75, 3.05) is 0 Å². The van der Waals surface area contributed by atoms with Crippen molar-refractivity contribution in [3.8, 4) is 11.5 Å². The predicted molar refractivity (Wildman–Crippen MR) is 89.3 cm³/mol. The normalized spacial score (nSPS) is 10.9. The van der Waals surface area contributed by atoms with E-state index in [0.717, 1.165) is 21.3 Å². The number of halogens is 3. The van der Waals surface area contributed by atoms with Crippen molar-refractivity contribution in [3.63, 3.8) is 0 Å². The molecule has 0 atom stereocenters. The van der Waals surface area contributed by atoms with Gasteiger partial charge >= 0.3 is 0 Å². The lowest BCUT2D eigenvalue weighted by atomic mass is 10.0. The maximum atomic E-state index is 6.23. The number of benzene rings is 2. The monoisotopic (exact) mass is 372 g/mol. The van der Waals surface area contributed by atoms with E-state index in [2.05, 4.69) is 35.8 Å². The van der Waals surface area contributed by atoms with Crippen LogP contribution in [0.1, 0.15) is 30.9 Å². The molecule has 106 valence electrons. The van der Waals surface area contributed by atoms with E-state index in [1.54, 1.807) is 6.07 Å². The van der Waals surface area contributed by atoms with Crippen molar-refractivity contribution in [2.24, 2.45) is 0 Å². The fraction of sp³-hybridized carbons (Fsp3) is 0.250. The molecule has 0 amide bonds. The van der Waals surface area contributed by atoms with Crippen molar-refractivity contribution in [1.29, 1.82) is 0 Å².